The fraction of sp³-hybridized carbons (Fsp3) is 0.200. The first-order valence-electron chi connectivity index (χ1n) is 10.6. The second-order valence-corrected chi connectivity index (χ2v) is 7.85. The van der Waals surface area contributed by atoms with E-state index in [1.165, 1.54) is 24.3 Å². The molecule has 3 aromatic rings. The van der Waals surface area contributed by atoms with Crippen molar-refractivity contribution in [1.29, 1.82) is 0 Å². The molecule has 0 fully saturated rings. The smallest absolute Gasteiger partial charge is 0.407 e. The Bertz CT molecular complexity index is 1170. The summed E-state index contributed by atoms with van der Waals surface area (Å²) in [6.45, 7) is 1.75. The molecule has 0 aliphatic heterocycles. The second-order valence-electron chi connectivity index (χ2n) is 7.09. The molecule has 8 nitrogen and oxygen atoms in total. The molecule has 0 radical (unpaired) electrons. The van der Waals surface area contributed by atoms with Crippen molar-refractivity contribution in [2.45, 2.75) is 20.1 Å². The van der Waals surface area contributed by atoms with Crippen molar-refractivity contribution in [2.75, 3.05) is 13.2 Å². The normalized spacial score (nSPS) is 10.4. The fourth-order valence-electron chi connectivity index (χ4n) is 2.88. The molecule has 0 aromatic heterocycles. The van der Waals surface area contributed by atoms with Crippen LogP contribution in [0.4, 0.5) is 4.79 Å². The molecule has 10 heteroatoms. The molecule has 3 aromatic carbocycles. The van der Waals surface area contributed by atoms with Gasteiger partial charge >= 0.3 is 12.1 Å². The summed E-state index contributed by atoms with van der Waals surface area (Å²) >= 11 is 12.6. The van der Waals surface area contributed by atoms with Crippen LogP contribution in [0.25, 0.3) is 0 Å². The van der Waals surface area contributed by atoms with Gasteiger partial charge in [-0.25, -0.2) is 9.59 Å². The average Bonchev–Trinajstić information content (AvgIpc) is 2.86. The number of hydrogen-bond donors (Lipinski definition) is 2. The number of hydrogen-bond acceptors (Lipinski definition) is 7. The monoisotopic (exact) mass is 519 g/mol. The number of esters is 1. The largest absolute Gasteiger partial charge is 0.508 e. The molecule has 0 spiro atoms. The van der Waals surface area contributed by atoms with Gasteiger partial charge in [0.15, 0.2) is 6.61 Å². The third kappa shape index (κ3) is 7.70. The van der Waals surface area contributed by atoms with Crippen LogP contribution in [0.15, 0.2) is 60.7 Å². The molecule has 0 aliphatic carbocycles. The summed E-state index contributed by atoms with van der Waals surface area (Å²) in [5.74, 6) is 0.200. The van der Waals surface area contributed by atoms with E-state index >= 15 is 0 Å². The van der Waals surface area contributed by atoms with Gasteiger partial charge in [-0.1, -0.05) is 53.5 Å². The molecule has 0 aliphatic rings. The third-order valence-electron chi connectivity index (χ3n) is 4.58. The van der Waals surface area contributed by atoms with Gasteiger partial charge in [-0.2, -0.15) is 0 Å². The molecule has 0 saturated heterocycles. The number of phenolic OH excluding ortho intramolecular Hbond substituents is 1. The van der Waals surface area contributed by atoms with Gasteiger partial charge in [0.2, 0.25) is 0 Å². The molecule has 1 amide bonds. The number of carbonyl (C=O) groups excluding carboxylic acids is 2. The highest BCUT2D eigenvalue weighted by molar-refractivity contribution is 6.43. The molecule has 3 rings (SSSR count). The number of halogens is 2. The number of alkyl carbamates (subject to hydrolysis) is 1. The molecule has 0 heterocycles. The Kier molecular flexibility index (Phi) is 9.46. The van der Waals surface area contributed by atoms with Crippen molar-refractivity contribution >= 4 is 35.3 Å². The number of benzene rings is 3. The van der Waals surface area contributed by atoms with E-state index < -0.39 is 12.1 Å². The number of nitrogens with one attached hydrogen (secondary N) is 1. The van der Waals surface area contributed by atoms with Crippen LogP contribution in [-0.2, 0) is 27.4 Å². The van der Waals surface area contributed by atoms with Crippen molar-refractivity contribution in [3.63, 3.8) is 0 Å². The lowest BCUT2D eigenvalue weighted by Crippen LogP contribution is -2.23. The number of amides is 1. The van der Waals surface area contributed by atoms with Crippen LogP contribution in [0.2, 0.25) is 10.0 Å². The van der Waals surface area contributed by atoms with E-state index in [0.29, 0.717) is 11.3 Å². The van der Waals surface area contributed by atoms with Gasteiger partial charge in [-0.15, -0.1) is 0 Å². The number of carbonyl (C=O) groups is 2. The first-order valence-corrected chi connectivity index (χ1v) is 11.3. The SMILES string of the molecule is CCOC(=O)COc1ccc(Oc2ccc(O)c(CNC(=O)OCc3ccccc3)c2)c(Cl)c1Cl. The zero-order chi connectivity index (χ0) is 25.2. The molecule has 0 saturated carbocycles. The van der Waals surface area contributed by atoms with E-state index in [4.69, 9.17) is 42.1 Å². The predicted molar refractivity (Wildman–Crippen MR) is 130 cm³/mol. The maximum absolute atomic E-state index is 12.0. The van der Waals surface area contributed by atoms with Gasteiger partial charge in [0.05, 0.1) is 6.61 Å². The van der Waals surface area contributed by atoms with E-state index in [-0.39, 0.29) is 53.7 Å². The quantitative estimate of drug-likeness (QED) is 0.323. The minimum absolute atomic E-state index is 0.00574. The van der Waals surface area contributed by atoms with Gasteiger partial charge in [-0.05, 0) is 42.8 Å². The van der Waals surface area contributed by atoms with E-state index in [9.17, 15) is 14.7 Å². The van der Waals surface area contributed by atoms with Crippen molar-refractivity contribution in [3.8, 4) is 23.0 Å². The van der Waals surface area contributed by atoms with Crippen LogP contribution in [0.5, 0.6) is 23.0 Å². The molecule has 2 N–H and O–H groups in total. The number of ether oxygens (including phenoxy) is 4. The van der Waals surface area contributed by atoms with Crippen LogP contribution < -0.4 is 14.8 Å². The Labute approximate surface area is 212 Å². The van der Waals surface area contributed by atoms with Crippen LogP contribution in [0.1, 0.15) is 18.1 Å². The molecule has 35 heavy (non-hydrogen) atoms. The van der Waals surface area contributed by atoms with Crippen molar-refractivity contribution in [3.05, 3.63) is 81.8 Å². The number of phenols is 1. The summed E-state index contributed by atoms with van der Waals surface area (Å²) in [5.41, 5.74) is 1.25. The summed E-state index contributed by atoms with van der Waals surface area (Å²) in [4.78, 5) is 23.5. The Morgan fingerprint density at radius 1 is 0.943 bits per heavy atom. The van der Waals surface area contributed by atoms with Crippen molar-refractivity contribution < 1.29 is 33.6 Å². The molecule has 0 bridgehead atoms. The molecular weight excluding hydrogens is 497 g/mol. The van der Waals surface area contributed by atoms with Crippen LogP contribution in [0, 0.1) is 0 Å². The minimum atomic E-state index is -0.632. The lowest BCUT2D eigenvalue weighted by Gasteiger charge is -2.14. The van der Waals surface area contributed by atoms with E-state index in [0.717, 1.165) is 5.56 Å². The lowest BCUT2D eigenvalue weighted by molar-refractivity contribution is -0.145. The average molecular weight is 520 g/mol. The number of rotatable bonds is 10. The lowest BCUT2D eigenvalue weighted by atomic mass is 10.2. The van der Waals surface area contributed by atoms with Crippen LogP contribution in [0.3, 0.4) is 0 Å². The van der Waals surface area contributed by atoms with Crippen molar-refractivity contribution in [2.24, 2.45) is 0 Å². The molecule has 184 valence electrons. The Balaban J connectivity index is 1.60. The maximum Gasteiger partial charge on any atom is 0.407 e. The third-order valence-corrected chi connectivity index (χ3v) is 5.42. The van der Waals surface area contributed by atoms with Gasteiger partial charge in [0.1, 0.15) is 39.7 Å². The number of aromatic hydroxyl groups is 1. The fourth-order valence-corrected chi connectivity index (χ4v) is 3.28. The van der Waals surface area contributed by atoms with Crippen LogP contribution in [-0.4, -0.2) is 30.4 Å². The molecule has 0 unspecified atom stereocenters. The zero-order valence-corrected chi connectivity index (χ0v) is 20.3. The summed E-state index contributed by atoms with van der Waals surface area (Å²) < 4.78 is 21.1. The first-order chi connectivity index (χ1) is 16.9. The minimum Gasteiger partial charge on any atom is -0.508 e. The zero-order valence-electron chi connectivity index (χ0n) is 18.8. The Morgan fingerprint density at radius 2 is 1.66 bits per heavy atom. The molecule has 0 atom stereocenters. The maximum atomic E-state index is 12.0. The Hall–Kier alpha value is -3.62. The van der Waals surface area contributed by atoms with E-state index in [1.807, 2.05) is 30.3 Å². The van der Waals surface area contributed by atoms with Gasteiger partial charge in [-0.3, -0.25) is 0 Å². The highest BCUT2D eigenvalue weighted by atomic mass is 35.5. The highest BCUT2D eigenvalue weighted by Gasteiger charge is 2.15. The Morgan fingerprint density at radius 3 is 2.40 bits per heavy atom. The standard InChI is InChI=1S/C25H23Cl2NO7/c1-2-32-22(30)15-33-20-10-11-21(24(27)23(20)26)35-18-8-9-19(29)17(12-18)13-28-25(31)34-14-16-6-4-3-5-7-16/h3-12,29H,2,13-15H2,1H3,(H,28,31). The van der Waals surface area contributed by atoms with Gasteiger partial charge in [0, 0.05) is 12.1 Å². The first kappa shape index (κ1) is 26.0. The summed E-state index contributed by atoms with van der Waals surface area (Å²) in [6, 6.07) is 16.8. The topological polar surface area (TPSA) is 103 Å². The van der Waals surface area contributed by atoms with E-state index in [2.05, 4.69) is 5.32 Å². The highest BCUT2D eigenvalue weighted by Crippen LogP contribution is 2.41. The summed E-state index contributed by atoms with van der Waals surface area (Å²) in [7, 11) is 0. The van der Waals surface area contributed by atoms with Crippen LogP contribution >= 0.6 is 23.2 Å². The van der Waals surface area contributed by atoms with Gasteiger partial charge in [0.25, 0.3) is 0 Å². The van der Waals surface area contributed by atoms with Crippen molar-refractivity contribution in [1.82, 2.24) is 5.32 Å². The molecular formula is C25H23Cl2NO7. The van der Waals surface area contributed by atoms with Gasteiger partial charge < -0.3 is 29.4 Å². The second kappa shape index (κ2) is 12.7. The summed E-state index contributed by atoms with van der Waals surface area (Å²) in [6.07, 6.45) is -0.632. The van der Waals surface area contributed by atoms with E-state index in [1.54, 1.807) is 13.0 Å². The summed E-state index contributed by atoms with van der Waals surface area (Å²) in [5, 5.41) is 12.9. The predicted octanol–water partition coefficient (Wildman–Crippen LogP) is 5.86.